The fourth-order valence-corrected chi connectivity index (χ4v) is 1.76. The summed E-state index contributed by atoms with van der Waals surface area (Å²) < 4.78 is 10.9. The first-order chi connectivity index (χ1) is 7.77. The van der Waals surface area contributed by atoms with Crippen molar-refractivity contribution in [2.75, 3.05) is 19.8 Å². The number of aromatic nitrogens is 1. The van der Waals surface area contributed by atoms with Crippen molar-refractivity contribution in [3.05, 3.63) is 23.9 Å². The van der Waals surface area contributed by atoms with E-state index in [1.165, 1.54) is 0 Å². The summed E-state index contributed by atoms with van der Waals surface area (Å²) in [6.07, 6.45) is 2.71. The van der Waals surface area contributed by atoms with Crippen LogP contribution in [0.25, 0.3) is 0 Å². The van der Waals surface area contributed by atoms with Gasteiger partial charge in [0.05, 0.1) is 18.8 Å². The molecule has 86 valence electrons. The van der Waals surface area contributed by atoms with Crippen molar-refractivity contribution in [3.63, 3.8) is 0 Å². The Balaban J connectivity index is 2.00. The fraction of sp³-hybridized carbons (Fsp3) is 0.455. The van der Waals surface area contributed by atoms with Gasteiger partial charge >= 0.3 is 0 Å². The van der Waals surface area contributed by atoms with Crippen molar-refractivity contribution in [2.45, 2.75) is 6.42 Å². The highest BCUT2D eigenvalue weighted by Crippen LogP contribution is 2.18. The summed E-state index contributed by atoms with van der Waals surface area (Å²) in [5.74, 6) is 0.961. The second-order valence-electron chi connectivity index (χ2n) is 3.76. The molecule has 0 spiro atoms. The molecule has 0 aromatic carbocycles. The Hall–Kier alpha value is -1.20. The minimum Gasteiger partial charge on any atom is -0.477 e. The predicted molar refractivity (Wildman–Crippen MR) is 64.5 cm³/mol. The summed E-state index contributed by atoms with van der Waals surface area (Å²) in [7, 11) is 0. The highest BCUT2D eigenvalue weighted by atomic mass is 32.1. The van der Waals surface area contributed by atoms with Gasteiger partial charge in [-0.1, -0.05) is 12.2 Å². The van der Waals surface area contributed by atoms with Crippen LogP contribution in [0.1, 0.15) is 12.0 Å². The monoisotopic (exact) mass is 238 g/mol. The minimum atomic E-state index is 0.311. The topological polar surface area (TPSA) is 57.4 Å². The molecule has 1 aliphatic heterocycles. The third-order valence-electron chi connectivity index (χ3n) is 2.52. The van der Waals surface area contributed by atoms with Crippen LogP contribution in [0.5, 0.6) is 5.88 Å². The number of nitrogens with zero attached hydrogens (tertiary/aromatic N) is 1. The van der Waals surface area contributed by atoms with E-state index in [1.54, 1.807) is 12.3 Å². The zero-order chi connectivity index (χ0) is 11.4. The molecule has 1 aliphatic rings. The molecule has 16 heavy (non-hydrogen) atoms. The summed E-state index contributed by atoms with van der Waals surface area (Å²) >= 11 is 4.93. The SMILES string of the molecule is NC(=S)c1cccnc1OCC1CCOC1. The van der Waals surface area contributed by atoms with E-state index in [0.29, 0.717) is 29.0 Å². The maximum atomic E-state index is 5.62. The third kappa shape index (κ3) is 2.68. The number of rotatable bonds is 4. The van der Waals surface area contributed by atoms with Crippen LogP contribution in [-0.2, 0) is 4.74 Å². The molecule has 1 aromatic rings. The largest absolute Gasteiger partial charge is 0.477 e. The van der Waals surface area contributed by atoms with Crippen molar-refractivity contribution in [3.8, 4) is 5.88 Å². The second kappa shape index (κ2) is 5.23. The molecular weight excluding hydrogens is 224 g/mol. The summed E-state index contributed by atoms with van der Waals surface area (Å²) in [4.78, 5) is 4.44. The molecule has 0 amide bonds. The van der Waals surface area contributed by atoms with Crippen LogP contribution in [0.3, 0.4) is 0 Å². The van der Waals surface area contributed by atoms with Crippen LogP contribution < -0.4 is 10.5 Å². The van der Waals surface area contributed by atoms with Crippen LogP contribution in [0.4, 0.5) is 0 Å². The standard InChI is InChI=1S/C11H14N2O2S/c12-10(16)9-2-1-4-13-11(9)15-7-8-3-5-14-6-8/h1-2,4,8H,3,5-7H2,(H2,12,16). The predicted octanol–water partition coefficient (Wildman–Crippen LogP) is 1.13. The molecule has 0 saturated carbocycles. The van der Waals surface area contributed by atoms with E-state index in [4.69, 9.17) is 27.4 Å². The average molecular weight is 238 g/mol. The molecule has 0 bridgehead atoms. The lowest BCUT2D eigenvalue weighted by molar-refractivity contribution is 0.165. The Bertz CT molecular complexity index is 378. The summed E-state index contributed by atoms with van der Waals surface area (Å²) in [5.41, 5.74) is 6.28. The van der Waals surface area contributed by atoms with Crippen LogP contribution in [0.15, 0.2) is 18.3 Å². The van der Waals surface area contributed by atoms with E-state index in [0.717, 1.165) is 19.6 Å². The van der Waals surface area contributed by atoms with Gasteiger partial charge in [0.25, 0.3) is 0 Å². The van der Waals surface area contributed by atoms with Crippen LogP contribution >= 0.6 is 12.2 Å². The minimum absolute atomic E-state index is 0.311. The summed E-state index contributed by atoms with van der Waals surface area (Å²) in [6, 6.07) is 3.61. The Morgan fingerprint density at radius 1 is 1.69 bits per heavy atom. The lowest BCUT2D eigenvalue weighted by Crippen LogP contribution is -2.16. The first-order valence-corrected chi connectivity index (χ1v) is 5.63. The molecule has 1 saturated heterocycles. The molecular formula is C11H14N2O2S. The van der Waals surface area contributed by atoms with Gasteiger partial charge in [0.15, 0.2) is 0 Å². The molecule has 2 heterocycles. The molecule has 2 N–H and O–H groups in total. The van der Waals surface area contributed by atoms with Crippen LogP contribution in [0.2, 0.25) is 0 Å². The van der Waals surface area contributed by atoms with E-state index in [9.17, 15) is 0 Å². The van der Waals surface area contributed by atoms with Gasteiger partial charge in [-0.2, -0.15) is 0 Å². The second-order valence-corrected chi connectivity index (χ2v) is 4.20. The lowest BCUT2D eigenvalue weighted by atomic mass is 10.1. The zero-order valence-corrected chi connectivity index (χ0v) is 9.70. The smallest absolute Gasteiger partial charge is 0.223 e. The highest BCUT2D eigenvalue weighted by molar-refractivity contribution is 7.80. The maximum Gasteiger partial charge on any atom is 0.223 e. The first-order valence-electron chi connectivity index (χ1n) is 5.22. The Morgan fingerprint density at radius 3 is 3.25 bits per heavy atom. The fourth-order valence-electron chi connectivity index (χ4n) is 1.60. The lowest BCUT2D eigenvalue weighted by Gasteiger charge is -2.11. The summed E-state index contributed by atoms with van der Waals surface area (Å²) in [5, 5.41) is 0. The molecule has 4 nitrogen and oxygen atoms in total. The summed E-state index contributed by atoms with van der Waals surface area (Å²) in [6.45, 7) is 2.18. The van der Waals surface area contributed by atoms with E-state index >= 15 is 0 Å². The van der Waals surface area contributed by atoms with Gasteiger partial charge in [-0.15, -0.1) is 0 Å². The van der Waals surface area contributed by atoms with Gasteiger partial charge < -0.3 is 15.2 Å². The van der Waals surface area contributed by atoms with E-state index in [2.05, 4.69) is 4.98 Å². The molecule has 1 fully saturated rings. The number of thiocarbonyl (C=S) groups is 1. The first kappa shape index (κ1) is 11.3. The number of hydrogen-bond acceptors (Lipinski definition) is 4. The Kier molecular flexibility index (Phi) is 3.69. The van der Waals surface area contributed by atoms with Gasteiger partial charge in [0.1, 0.15) is 4.99 Å². The van der Waals surface area contributed by atoms with Crippen molar-refractivity contribution in [2.24, 2.45) is 11.7 Å². The molecule has 0 radical (unpaired) electrons. The molecule has 1 aromatic heterocycles. The Morgan fingerprint density at radius 2 is 2.56 bits per heavy atom. The van der Waals surface area contributed by atoms with Crippen molar-refractivity contribution < 1.29 is 9.47 Å². The van der Waals surface area contributed by atoms with Gasteiger partial charge in [0, 0.05) is 18.7 Å². The normalized spacial score (nSPS) is 19.6. The number of ether oxygens (including phenoxy) is 2. The van der Waals surface area contributed by atoms with Gasteiger partial charge in [0.2, 0.25) is 5.88 Å². The van der Waals surface area contributed by atoms with Gasteiger partial charge in [-0.3, -0.25) is 0 Å². The highest BCUT2D eigenvalue weighted by Gasteiger charge is 2.17. The Labute approximate surface area is 99.8 Å². The molecule has 1 unspecified atom stereocenters. The average Bonchev–Trinajstić information content (AvgIpc) is 2.79. The van der Waals surface area contributed by atoms with Gasteiger partial charge in [-0.25, -0.2) is 4.98 Å². The van der Waals surface area contributed by atoms with Crippen LogP contribution in [0, 0.1) is 5.92 Å². The van der Waals surface area contributed by atoms with Crippen molar-refractivity contribution >= 4 is 17.2 Å². The van der Waals surface area contributed by atoms with Crippen LogP contribution in [-0.4, -0.2) is 29.8 Å². The molecule has 2 rings (SSSR count). The van der Waals surface area contributed by atoms with E-state index in [-0.39, 0.29) is 0 Å². The molecule has 1 atom stereocenters. The van der Waals surface area contributed by atoms with Gasteiger partial charge in [-0.05, 0) is 18.6 Å². The van der Waals surface area contributed by atoms with E-state index < -0.39 is 0 Å². The molecule has 5 heteroatoms. The maximum absolute atomic E-state index is 5.62. The van der Waals surface area contributed by atoms with E-state index in [1.807, 2.05) is 6.07 Å². The third-order valence-corrected chi connectivity index (χ3v) is 2.74. The number of nitrogens with two attached hydrogens (primary N) is 1. The van der Waals surface area contributed by atoms with Crippen molar-refractivity contribution in [1.82, 2.24) is 4.98 Å². The quantitative estimate of drug-likeness (QED) is 0.797. The van der Waals surface area contributed by atoms with Crippen molar-refractivity contribution in [1.29, 1.82) is 0 Å². The molecule has 0 aliphatic carbocycles. The number of pyridine rings is 1. The number of hydrogen-bond donors (Lipinski definition) is 1. The zero-order valence-electron chi connectivity index (χ0n) is 8.89.